The number of amides is 2. The highest BCUT2D eigenvalue weighted by Crippen LogP contribution is 2.29. The van der Waals surface area contributed by atoms with Crippen LogP contribution in [0.5, 0.6) is 0 Å². The number of ether oxygens (including phenoxy) is 1. The molecule has 2 amide bonds. The van der Waals surface area contributed by atoms with Gasteiger partial charge in [0, 0.05) is 5.56 Å². The van der Waals surface area contributed by atoms with Gasteiger partial charge in [0.25, 0.3) is 21.8 Å². The topological polar surface area (TPSA) is 110 Å². The van der Waals surface area contributed by atoms with Crippen LogP contribution in [0.3, 0.4) is 0 Å². The Balaban J connectivity index is 1.55. The second-order valence-corrected chi connectivity index (χ2v) is 8.44. The summed E-state index contributed by atoms with van der Waals surface area (Å²) >= 11 is 0. The zero-order chi connectivity index (χ0) is 21.2. The van der Waals surface area contributed by atoms with Crippen LogP contribution >= 0.6 is 0 Å². The third-order valence-corrected chi connectivity index (χ3v) is 6.27. The van der Waals surface area contributed by atoms with Gasteiger partial charge >= 0.3 is 5.97 Å². The molecule has 0 radical (unpaired) electrons. The van der Waals surface area contributed by atoms with Crippen LogP contribution in [0.25, 0.3) is 0 Å². The van der Waals surface area contributed by atoms with E-state index in [9.17, 15) is 22.8 Å². The van der Waals surface area contributed by atoms with Crippen molar-refractivity contribution >= 4 is 27.8 Å². The minimum Gasteiger partial charge on any atom is -0.462 e. The Morgan fingerprint density at radius 1 is 1.14 bits per heavy atom. The summed E-state index contributed by atoms with van der Waals surface area (Å²) in [6, 6.07) is 11.9. The fourth-order valence-electron chi connectivity index (χ4n) is 2.93. The van der Waals surface area contributed by atoms with E-state index in [4.69, 9.17) is 4.74 Å². The summed E-state index contributed by atoms with van der Waals surface area (Å²) in [6.07, 6.45) is 0. The largest absolute Gasteiger partial charge is 0.462 e. The molecule has 0 saturated carbocycles. The smallest absolute Gasteiger partial charge is 0.328 e. The minimum absolute atomic E-state index is 0.0601. The van der Waals surface area contributed by atoms with E-state index in [1.807, 2.05) is 13.0 Å². The molecule has 1 aliphatic heterocycles. The molecule has 1 unspecified atom stereocenters. The van der Waals surface area contributed by atoms with Crippen molar-refractivity contribution in [2.24, 2.45) is 0 Å². The number of sulfonamides is 1. The molecule has 1 aliphatic rings. The second kappa shape index (κ2) is 8.04. The molecule has 3 rings (SSSR count). The van der Waals surface area contributed by atoms with Crippen LogP contribution < -0.4 is 5.32 Å². The first-order chi connectivity index (χ1) is 13.7. The van der Waals surface area contributed by atoms with Crippen molar-refractivity contribution < 1.29 is 27.5 Å². The van der Waals surface area contributed by atoms with E-state index in [2.05, 4.69) is 5.32 Å². The highest BCUT2D eigenvalue weighted by Gasteiger charge is 2.40. The van der Waals surface area contributed by atoms with Crippen molar-refractivity contribution in [1.82, 2.24) is 9.62 Å². The standard InChI is InChI=1S/C20H20N2O6S/c1-13-6-5-7-15(12-13)18(23)21-14(2)20(25)28-11-10-22-19(24)16-8-3-4-9-17(16)29(22,26)27/h3-9,12,14H,10-11H2,1-2H3,(H,21,23). The van der Waals surface area contributed by atoms with Crippen LogP contribution in [0.2, 0.25) is 0 Å². The van der Waals surface area contributed by atoms with Crippen molar-refractivity contribution in [3.8, 4) is 0 Å². The van der Waals surface area contributed by atoms with E-state index in [1.165, 1.54) is 25.1 Å². The summed E-state index contributed by atoms with van der Waals surface area (Å²) in [5, 5.41) is 2.53. The molecular weight excluding hydrogens is 396 g/mol. The van der Waals surface area contributed by atoms with Gasteiger partial charge in [0.1, 0.15) is 17.5 Å². The molecule has 0 fully saturated rings. The van der Waals surface area contributed by atoms with Gasteiger partial charge in [-0.05, 0) is 38.1 Å². The molecule has 0 spiro atoms. The number of esters is 1. The first-order valence-electron chi connectivity index (χ1n) is 8.92. The number of nitrogens with one attached hydrogen (secondary N) is 1. The maximum Gasteiger partial charge on any atom is 0.328 e. The first-order valence-corrected chi connectivity index (χ1v) is 10.4. The summed E-state index contributed by atoms with van der Waals surface area (Å²) in [5.74, 6) is -1.81. The predicted octanol–water partition coefficient (Wildman–Crippen LogP) is 1.50. The Kier molecular flexibility index (Phi) is 5.69. The lowest BCUT2D eigenvalue weighted by atomic mass is 10.1. The summed E-state index contributed by atoms with van der Waals surface area (Å²) in [5.41, 5.74) is 1.42. The van der Waals surface area contributed by atoms with E-state index in [0.29, 0.717) is 9.87 Å². The van der Waals surface area contributed by atoms with Crippen molar-refractivity contribution in [3.05, 3.63) is 65.2 Å². The highest BCUT2D eigenvalue weighted by molar-refractivity contribution is 7.90. The zero-order valence-electron chi connectivity index (χ0n) is 15.9. The third-order valence-electron chi connectivity index (χ3n) is 4.43. The van der Waals surface area contributed by atoms with Crippen LogP contribution in [0.4, 0.5) is 0 Å². The number of carbonyl (C=O) groups is 3. The van der Waals surface area contributed by atoms with Crippen molar-refractivity contribution in [2.75, 3.05) is 13.2 Å². The van der Waals surface area contributed by atoms with Gasteiger partial charge in [0.2, 0.25) is 0 Å². The second-order valence-electron chi connectivity index (χ2n) is 6.61. The Bertz CT molecular complexity index is 1080. The normalized spacial score (nSPS) is 15.5. The summed E-state index contributed by atoms with van der Waals surface area (Å²) in [7, 11) is -3.95. The van der Waals surface area contributed by atoms with E-state index >= 15 is 0 Å². The molecule has 0 aromatic heterocycles. The number of aryl methyl sites for hydroxylation is 1. The summed E-state index contributed by atoms with van der Waals surface area (Å²) in [4.78, 5) is 36.6. The van der Waals surface area contributed by atoms with E-state index < -0.39 is 33.8 Å². The lowest BCUT2D eigenvalue weighted by Gasteiger charge is -2.17. The number of benzene rings is 2. The molecule has 29 heavy (non-hydrogen) atoms. The average Bonchev–Trinajstić information content (AvgIpc) is 2.88. The van der Waals surface area contributed by atoms with Crippen molar-refractivity contribution in [2.45, 2.75) is 24.8 Å². The number of hydrogen-bond acceptors (Lipinski definition) is 6. The van der Waals surface area contributed by atoms with Crippen LogP contribution in [0.15, 0.2) is 53.4 Å². The first kappa shape index (κ1) is 20.5. The average molecular weight is 416 g/mol. The zero-order valence-corrected chi connectivity index (χ0v) is 16.7. The van der Waals surface area contributed by atoms with Gasteiger partial charge in [-0.1, -0.05) is 29.8 Å². The number of carbonyl (C=O) groups excluding carboxylic acids is 3. The Hall–Kier alpha value is -3.20. The minimum atomic E-state index is -3.95. The fraction of sp³-hybridized carbons (Fsp3) is 0.250. The predicted molar refractivity (Wildman–Crippen MR) is 104 cm³/mol. The molecular formula is C20H20N2O6S. The van der Waals surface area contributed by atoms with E-state index in [1.54, 1.807) is 24.3 Å². The molecule has 8 nitrogen and oxygen atoms in total. The molecule has 152 valence electrons. The van der Waals surface area contributed by atoms with Crippen molar-refractivity contribution in [1.29, 1.82) is 0 Å². The number of fused-ring (bicyclic) bond motifs is 1. The molecule has 1 N–H and O–H groups in total. The van der Waals surface area contributed by atoms with Gasteiger partial charge in [0.05, 0.1) is 12.1 Å². The number of nitrogens with zero attached hydrogens (tertiary/aromatic N) is 1. The molecule has 0 aliphatic carbocycles. The highest BCUT2D eigenvalue weighted by atomic mass is 32.2. The van der Waals surface area contributed by atoms with Gasteiger partial charge in [-0.3, -0.25) is 9.59 Å². The summed E-state index contributed by atoms with van der Waals surface area (Å²) < 4.78 is 30.6. The molecule has 1 heterocycles. The van der Waals surface area contributed by atoms with Gasteiger partial charge < -0.3 is 10.1 Å². The van der Waals surface area contributed by atoms with Gasteiger partial charge in [-0.25, -0.2) is 17.5 Å². The number of rotatable bonds is 6. The summed E-state index contributed by atoms with van der Waals surface area (Å²) in [6.45, 7) is 2.69. The molecule has 2 aromatic rings. The molecule has 1 atom stereocenters. The van der Waals surface area contributed by atoms with Crippen molar-refractivity contribution in [3.63, 3.8) is 0 Å². The SMILES string of the molecule is Cc1cccc(C(=O)NC(C)C(=O)OCCN2C(=O)c3ccccc3S2(=O)=O)c1. The maximum atomic E-state index is 12.4. The van der Waals surface area contributed by atoms with Crippen LogP contribution in [-0.4, -0.2) is 49.7 Å². The Morgan fingerprint density at radius 2 is 1.86 bits per heavy atom. The van der Waals surface area contributed by atoms with Crippen LogP contribution in [-0.2, 0) is 19.6 Å². The quantitative estimate of drug-likeness (QED) is 0.715. The van der Waals surface area contributed by atoms with Gasteiger partial charge in [-0.2, -0.15) is 0 Å². The maximum absolute atomic E-state index is 12.4. The number of hydrogen-bond donors (Lipinski definition) is 1. The molecule has 2 aromatic carbocycles. The monoisotopic (exact) mass is 416 g/mol. The fourth-order valence-corrected chi connectivity index (χ4v) is 4.48. The van der Waals surface area contributed by atoms with Gasteiger partial charge in [0.15, 0.2) is 0 Å². The van der Waals surface area contributed by atoms with E-state index in [-0.39, 0.29) is 23.6 Å². The Labute approximate surface area is 168 Å². The van der Waals surface area contributed by atoms with Crippen LogP contribution in [0, 0.1) is 6.92 Å². The third kappa shape index (κ3) is 4.14. The Morgan fingerprint density at radius 3 is 2.55 bits per heavy atom. The molecule has 0 bridgehead atoms. The molecule has 9 heteroatoms. The van der Waals surface area contributed by atoms with Crippen LogP contribution in [0.1, 0.15) is 33.2 Å². The lowest BCUT2D eigenvalue weighted by molar-refractivity contribution is -0.145. The van der Waals surface area contributed by atoms with E-state index in [0.717, 1.165) is 5.56 Å². The molecule has 0 saturated heterocycles. The van der Waals surface area contributed by atoms with Gasteiger partial charge in [-0.15, -0.1) is 0 Å². The lowest BCUT2D eigenvalue weighted by Crippen LogP contribution is -2.41.